The van der Waals surface area contributed by atoms with Gasteiger partial charge >= 0.3 is 0 Å². The number of aromatic nitrogens is 1. The number of aromatic amines is 1. The highest BCUT2D eigenvalue weighted by atomic mass is 16.1. The van der Waals surface area contributed by atoms with Crippen LogP contribution in [0.15, 0.2) is 35.5 Å². The van der Waals surface area contributed by atoms with Crippen molar-refractivity contribution in [2.24, 2.45) is 5.92 Å². The molecule has 0 saturated carbocycles. The number of unbranched alkanes of at least 4 members (excludes halogenated alkanes) is 4. The molecule has 0 saturated heterocycles. The van der Waals surface area contributed by atoms with Gasteiger partial charge in [-0.3, -0.25) is 4.79 Å². The standard InChI is InChI=1S/C26H34N2O/c1-2-3-4-5-6-10-18-17-23-26-20(19-11-7-8-12-21(19)27-26)15-16-28(23)22-13-9-14-24(29)25(18)22/h7-8,11-12,18,23,27H,2-6,9-10,13-17H2,1H3/t18-,23+/m1/s1. The van der Waals surface area contributed by atoms with E-state index in [9.17, 15) is 4.79 Å². The molecule has 3 aliphatic rings. The van der Waals surface area contributed by atoms with Gasteiger partial charge in [-0.2, -0.15) is 0 Å². The average Bonchev–Trinajstić information content (AvgIpc) is 3.13. The number of nitrogens with one attached hydrogen (secondary N) is 1. The molecule has 5 rings (SSSR count). The molecule has 3 nitrogen and oxygen atoms in total. The number of hydrogen-bond donors (Lipinski definition) is 1. The first-order valence-electron chi connectivity index (χ1n) is 11.9. The molecule has 1 aliphatic carbocycles. The van der Waals surface area contributed by atoms with Gasteiger partial charge < -0.3 is 9.88 Å². The number of para-hydroxylation sites is 1. The number of allylic oxidation sites excluding steroid dienone is 2. The maximum Gasteiger partial charge on any atom is 0.160 e. The highest BCUT2D eigenvalue weighted by Crippen LogP contribution is 2.49. The highest BCUT2D eigenvalue weighted by molar-refractivity contribution is 5.97. The van der Waals surface area contributed by atoms with Crippen LogP contribution in [-0.4, -0.2) is 22.2 Å². The van der Waals surface area contributed by atoms with Gasteiger partial charge in [-0.05, 0) is 49.7 Å². The molecule has 1 aromatic carbocycles. The van der Waals surface area contributed by atoms with Crippen LogP contribution in [0.1, 0.15) is 88.4 Å². The molecule has 3 heterocycles. The molecule has 29 heavy (non-hydrogen) atoms. The van der Waals surface area contributed by atoms with E-state index in [-0.39, 0.29) is 0 Å². The average molecular weight is 391 g/mol. The summed E-state index contributed by atoms with van der Waals surface area (Å²) in [6.45, 7) is 3.34. The summed E-state index contributed by atoms with van der Waals surface area (Å²) in [5.74, 6) is 0.906. The molecule has 3 heteroatoms. The number of nitrogens with zero attached hydrogens (tertiary/aromatic N) is 1. The number of carbonyl (C=O) groups excluding carboxylic acids is 1. The van der Waals surface area contributed by atoms with Crippen LogP contribution in [-0.2, 0) is 11.2 Å². The Morgan fingerprint density at radius 3 is 2.83 bits per heavy atom. The van der Waals surface area contributed by atoms with Crippen molar-refractivity contribution in [2.75, 3.05) is 6.54 Å². The van der Waals surface area contributed by atoms with Gasteiger partial charge in [0, 0.05) is 40.8 Å². The van der Waals surface area contributed by atoms with E-state index in [0.717, 1.165) is 38.6 Å². The van der Waals surface area contributed by atoms with Gasteiger partial charge in [-0.15, -0.1) is 0 Å². The van der Waals surface area contributed by atoms with Crippen LogP contribution in [0.2, 0.25) is 0 Å². The molecule has 1 N–H and O–H groups in total. The first-order chi connectivity index (χ1) is 14.3. The van der Waals surface area contributed by atoms with Crippen molar-refractivity contribution >= 4 is 16.7 Å². The topological polar surface area (TPSA) is 36.1 Å². The molecular weight excluding hydrogens is 356 g/mol. The molecule has 0 bridgehead atoms. The van der Waals surface area contributed by atoms with Crippen molar-refractivity contribution in [1.82, 2.24) is 9.88 Å². The lowest BCUT2D eigenvalue weighted by Crippen LogP contribution is -2.43. The Hall–Kier alpha value is -2.03. The molecule has 0 spiro atoms. The minimum atomic E-state index is 0.427. The van der Waals surface area contributed by atoms with Crippen LogP contribution < -0.4 is 0 Å². The summed E-state index contributed by atoms with van der Waals surface area (Å²) in [5, 5.41) is 1.40. The van der Waals surface area contributed by atoms with Crippen LogP contribution in [0.5, 0.6) is 0 Å². The molecule has 2 atom stereocenters. The summed E-state index contributed by atoms with van der Waals surface area (Å²) in [6, 6.07) is 9.19. The second kappa shape index (κ2) is 8.01. The van der Waals surface area contributed by atoms with Crippen LogP contribution in [0.4, 0.5) is 0 Å². The highest BCUT2D eigenvalue weighted by Gasteiger charge is 2.42. The van der Waals surface area contributed by atoms with Gasteiger partial charge in [0.1, 0.15) is 0 Å². The maximum absolute atomic E-state index is 12.9. The zero-order chi connectivity index (χ0) is 19.8. The number of H-pyrrole nitrogens is 1. The van der Waals surface area contributed by atoms with Crippen molar-refractivity contribution in [3.63, 3.8) is 0 Å². The lowest BCUT2D eigenvalue weighted by atomic mass is 9.74. The second-order valence-corrected chi connectivity index (χ2v) is 9.29. The molecule has 0 amide bonds. The number of carbonyl (C=O) groups is 1. The third kappa shape index (κ3) is 3.33. The van der Waals surface area contributed by atoms with Crippen molar-refractivity contribution in [3.05, 3.63) is 46.8 Å². The van der Waals surface area contributed by atoms with Crippen LogP contribution in [0.3, 0.4) is 0 Å². The van der Waals surface area contributed by atoms with E-state index in [1.807, 2.05) is 0 Å². The number of benzene rings is 1. The molecule has 2 aliphatic heterocycles. The van der Waals surface area contributed by atoms with E-state index in [4.69, 9.17) is 0 Å². The second-order valence-electron chi connectivity index (χ2n) is 9.29. The summed E-state index contributed by atoms with van der Waals surface area (Å²) < 4.78 is 0. The monoisotopic (exact) mass is 390 g/mol. The number of rotatable bonds is 6. The van der Waals surface area contributed by atoms with E-state index in [0.29, 0.717) is 17.7 Å². The molecule has 1 aromatic heterocycles. The summed E-state index contributed by atoms with van der Waals surface area (Å²) in [5.41, 5.74) is 6.85. The van der Waals surface area contributed by atoms with Crippen molar-refractivity contribution < 1.29 is 4.79 Å². The van der Waals surface area contributed by atoms with E-state index < -0.39 is 0 Å². The Balaban J connectivity index is 1.47. The third-order valence-corrected chi connectivity index (χ3v) is 7.51. The van der Waals surface area contributed by atoms with E-state index in [1.54, 1.807) is 0 Å². The number of hydrogen-bond acceptors (Lipinski definition) is 2. The Kier molecular flexibility index (Phi) is 5.24. The van der Waals surface area contributed by atoms with Crippen molar-refractivity contribution in [3.8, 4) is 0 Å². The molecular formula is C26H34N2O. The minimum Gasteiger partial charge on any atom is -0.366 e. The number of fused-ring (bicyclic) bond motifs is 6. The van der Waals surface area contributed by atoms with Gasteiger partial charge in [0.15, 0.2) is 5.78 Å². The zero-order valence-corrected chi connectivity index (χ0v) is 17.8. The normalized spacial score (nSPS) is 23.9. The first kappa shape index (κ1) is 19.0. The van der Waals surface area contributed by atoms with Gasteiger partial charge in [-0.1, -0.05) is 57.2 Å². The fourth-order valence-corrected chi connectivity index (χ4v) is 6.14. The SMILES string of the molecule is CCCCCCC[C@@H]1C[C@H]2c3[nH]c4ccccc4c3CCN2C2=C1C(=O)CCC2. The van der Waals surface area contributed by atoms with Crippen LogP contribution in [0, 0.1) is 5.92 Å². The van der Waals surface area contributed by atoms with Crippen molar-refractivity contribution in [1.29, 1.82) is 0 Å². The van der Waals surface area contributed by atoms with Gasteiger partial charge in [0.05, 0.1) is 6.04 Å². The Labute approximate surface area is 174 Å². The van der Waals surface area contributed by atoms with E-state index in [2.05, 4.69) is 41.1 Å². The maximum atomic E-state index is 12.9. The summed E-state index contributed by atoms with van der Waals surface area (Å²) in [6.07, 6.45) is 12.8. The Bertz CT molecular complexity index is 937. The van der Waals surface area contributed by atoms with Crippen LogP contribution >= 0.6 is 0 Å². The largest absolute Gasteiger partial charge is 0.366 e. The van der Waals surface area contributed by atoms with Gasteiger partial charge in [0.2, 0.25) is 0 Å². The van der Waals surface area contributed by atoms with Gasteiger partial charge in [-0.25, -0.2) is 0 Å². The fraction of sp³-hybridized carbons (Fsp3) is 0.577. The number of ketones is 1. The summed E-state index contributed by atoms with van der Waals surface area (Å²) in [7, 11) is 0. The Morgan fingerprint density at radius 2 is 1.93 bits per heavy atom. The predicted molar refractivity (Wildman–Crippen MR) is 119 cm³/mol. The summed E-state index contributed by atoms with van der Waals surface area (Å²) in [4.78, 5) is 19.3. The smallest absolute Gasteiger partial charge is 0.160 e. The molecule has 0 unspecified atom stereocenters. The summed E-state index contributed by atoms with van der Waals surface area (Å²) >= 11 is 0. The van der Waals surface area contributed by atoms with Crippen molar-refractivity contribution in [2.45, 2.75) is 83.6 Å². The van der Waals surface area contributed by atoms with E-state index in [1.165, 1.54) is 72.0 Å². The number of Topliss-reactive ketones (excluding diaryl/α,β-unsaturated/α-hetero) is 1. The molecule has 154 valence electrons. The zero-order valence-electron chi connectivity index (χ0n) is 17.8. The molecule has 0 fully saturated rings. The Morgan fingerprint density at radius 1 is 1.07 bits per heavy atom. The van der Waals surface area contributed by atoms with Crippen LogP contribution in [0.25, 0.3) is 10.9 Å². The minimum absolute atomic E-state index is 0.427. The quantitative estimate of drug-likeness (QED) is 0.575. The fourth-order valence-electron chi connectivity index (χ4n) is 6.14. The van der Waals surface area contributed by atoms with Gasteiger partial charge in [0.25, 0.3) is 0 Å². The predicted octanol–water partition coefficient (Wildman–Crippen LogP) is 6.45. The third-order valence-electron chi connectivity index (χ3n) is 7.51. The van der Waals surface area contributed by atoms with E-state index >= 15 is 0 Å². The molecule has 0 radical (unpaired) electrons. The lowest BCUT2D eigenvalue weighted by molar-refractivity contribution is -0.117. The first-order valence-corrected chi connectivity index (χ1v) is 11.9. The lowest BCUT2D eigenvalue weighted by Gasteiger charge is -2.47. The molecule has 2 aromatic rings.